The molecule has 1 aromatic rings. The summed E-state index contributed by atoms with van der Waals surface area (Å²) in [5.41, 5.74) is 1.59. The molecule has 1 aliphatic rings. The minimum atomic E-state index is -0.793. The highest BCUT2D eigenvalue weighted by Crippen LogP contribution is 2.43. The zero-order valence-corrected chi connectivity index (χ0v) is 11.1. The van der Waals surface area contributed by atoms with E-state index in [1.165, 1.54) is 18.4 Å². The van der Waals surface area contributed by atoms with Crippen molar-refractivity contribution in [3.63, 3.8) is 0 Å². The lowest BCUT2D eigenvalue weighted by molar-refractivity contribution is -0.137. The van der Waals surface area contributed by atoms with Crippen LogP contribution in [0.5, 0.6) is 0 Å². The average molecular weight is 297 g/mol. The Kier molecular flexibility index (Phi) is 3.62. The van der Waals surface area contributed by atoms with Gasteiger partial charge in [-0.3, -0.25) is 4.79 Å². The number of carbonyl (C=O) groups is 2. The number of benzene rings is 1. The normalized spacial score (nSPS) is 14.5. The van der Waals surface area contributed by atoms with Crippen LogP contribution in [0.3, 0.4) is 0 Å². The van der Waals surface area contributed by atoms with Crippen LogP contribution in [0, 0.1) is 0 Å². The van der Waals surface area contributed by atoms with E-state index in [1.807, 2.05) is 6.07 Å². The second-order valence-electron chi connectivity index (χ2n) is 4.06. The van der Waals surface area contributed by atoms with Gasteiger partial charge in [-0.15, -0.1) is 0 Å². The number of esters is 1. The van der Waals surface area contributed by atoms with E-state index in [9.17, 15) is 9.59 Å². The van der Waals surface area contributed by atoms with Gasteiger partial charge < -0.3 is 4.74 Å². The Morgan fingerprint density at radius 3 is 2.65 bits per heavy atom. The Bertz CT molecular complexity index is 464. The van der Waals surface area contributed by atoms with Gasteiger partial charge in [0.1, 0.15) is 0 Å². The largest absolute Gasteiger partial charge is 0.460 e. The molecule has 1 saturated carbocycles. The van der Waals surface area contributed by atoms with Crippen molar-refractivity contribution in [2.45, 2.75) is 25.7 Å². The summed E-state index contributed by atoms with van der Waals surface area (Å²) in [6, 6.07) is 5.30. The lowest BCUT2D eigenvalue weighted by atomic mass is 10.1. The highest BCUT2D eigenvalue weighted by atomic mass is 79.9. The summed E-state index contributed by atoms with van der Waals surface area (Å²) >= 11 is 3.44. The third-order valence-electron chi connectivity index (χ3n) is 2.74. The molecule has 2 rings (SSSR count). The smallest absolute Gasteiger partial charge is 0.379 e. The van der Waals surface area contributed by atoms with Crippen molar-refractivity contribution in [2.75, 3.05) is 6.61 Å². The van der Waals surface area contributed by atoms with Crippen LogP contribution in [0.15, 0.2) is 22.7 Å². The number of Topliss-reactive ketones (excluding diaryl/α,β-unsaturated/α-hetero) is 1. The SMILES string of the molecule is CCOC(=O)C(=O)c1ccc(C2CC2)c(Br)c1. The van der Waals surface area contributed by atoms with Crippen LogP contribution in [0.4, 0.5) is 0 Å². The van der Waals surface area contributed by atoms with Crippen molar-refractivity contribution in [2.24, 2.45) is 0 Å². The molecule has 0 amide bonds. The highest BCUT2D eigenvalue weighted by Gasteiger charge is 2.26. The minimum absolute atomic E-state index is 0.214. The monoisotopic (exact) mass is 296 g/mol. The third kappa shape index (κ3) is 2.75. The van der Waals surface area contributed by atoms with E-state index < -0.39 is 11.8 Å². The predicted molar refractivity (Wildman–Crippen MR) is 67.1 cm³/mol. The van der Waals surface area contributed by atoms with Crippen molar-refractivity contribution in [1.82, 2.24) is 0 Å². The van der Waals surface area contributed by atoms with Crippen molar-refractivity contribution < 1.29 is 14.3 Å². The van der Waals surface area contributed by atoms with Crippen LogP contribution < -0.4 is 0 Å². The Morgan fingerprint density at radius 2 is 2.12 bits per heavy atom. The summed E-state index contributed by atoms with van der Waals surface area (Å²) in [6.45, 7) is 1.89. The summed E-state index contributed by atoms with van der Waals surface area (Å²) < 4.78 is 5.58. The van der Waals surface area contributed by atoms with Gasteiger partial charge in [0.25, 0.3) is 5.78 Å². The van der Waals surface area contributed by atoms with Crippen molar-refractivity contribution in [1.29, 1.82) is 0 Å². The van der Waals surface area contributed by atoms with Gasteiger partial charge in [0.05, 0.1) is 6.61 Å². The first kappa shape index (κ1) is 12.3. The number of hydrogen-bond acceptors (Lipinski definition) is 3. The molecule has 0 N–H and O–H groups in total. The van der Waals surface area contributed by atoms with Gasteiger partial charge in [-0.25, -0.2) is 4.79 Å². The topological polar surface area (TPSA) is 43.4 Å². The van der Waals surface area contributed by atoms with Gasteiger partial charge in [-0.05, 0) is 37.3 Å². The standard InChI is InChI=1S/C13H13BrO3/c1-2-17-13(16)12(15)9-5-6-10(8-3-4-8)11(14)7-9/h5-8H,2-4H2,1H3. The molecule has 0 aliphatic heterocycles. The Morgan fingerprint density at radius 1 is 1.41 bits per heavy atom. The van der Waals surface area contributed by atoms with Crippen LogP contribution in [0.25, 0.3) is 0 Å². The molecule has 0 bridgehead atoms. The quantitative estimate of drug-likeness (QED) is 0.487. The van der Waals surface area contributed by atoms with Gasteiger partial charge in [-0.2, -0.15) is 0 Å². The second kappa shape index (κ2) is 5.00. The molecule has 0 atom stereocenters. The van der Waals surface area contributed by atoms with E-state index >= 15 is 0 Å². The summed E-state index contributed by atoms with van der Waals surface area (Å²) in [5.74, 6) is -0.774. The summed E-state index contributed by atoms with van der Waals surface area (Å²) in [5, 5.41) is 0. The number of halogens is 1. The van der Waals surface area contributed by atoms with Gasteiger partial charge in [-0.1, -0.05) is 28.1 Å². The van der Waals surface area contributed by atoms with E-state index in [-0.39, 0.29) is 6.61 Å². The third-order valence-corrected chi connectivity index (χ3v) is 3.43. The number of hydrogen-bond donors (Lipinski definition) is 0. The number of rotatable bonds is 4. The number of ether oxygens (including phenoxy) is 1. The molecule has 3 nitrogen and oxygen atoms in total. The Balaban J connectivity index is 2.19. The lowest BCUT2D eigenvalue weighted by Gasteiger charge is -2.05. The van der Waals surface area contributed by atoms with Crippen LogP contribution in [0.2, 0.25) is 0 Å². The molecule has 4 heteroatoms. The van der Waals surface area contributed by atoms with Crippen LogP contribution in [-0.4, -0.2) is 18.4 Å². The van der Waals surface area contributed by atoms with Gasteiger partial charge in [0, 0.05) is 10.0 Å². The molecular weight excluding hydrogens is 284 g/mol. The minimum Gasteiger partial charge on any atom is -0.460 e. The average Bonchev–Trinajstić information content (AvgIpc) is 3.12. The number of ketones is 1. The van der Waals surface area contributed by atoms with E-state index in [2.05, 4.69) is 20.7 Å². The molecule has 0 radical (unpaired) electrons. The maximum absolute atomic E-state index is 11.7. The van der Waals surface area contributed by atoms with Crippen molar-refractivity contribution >= 4 is 27.7 Å². The van der Waals surface area contributed by atoms with Crippen molar-refractivity contribution in [3.8, 4) is 0 Å². The molecule has 0 heterocycles. The maximum atomic E-state index is 11.7. The molecule has 0 saturated heterocycles. The Hall–Kier alpha value is -1.16. The first-order valence-electron chi connectivity index (χ1n) is 5.64. The summed E-state index contributed by atoms with van der Waals surface area (Å²) in [7, 11) is 0. The number of carbonyl (C=O) groups excluding carboxylic acids is 2. The van der Waals surface area contributed by atoms with Gasteiger partial charge in [0.2, 0.25) is 0 Å². The second-order valence-corrected chi connectivity index (χ2v) is 4.91. The fourth-order valence-electron chi connectivity index (χ4n) is 1.71. The fourth-order valence-corrected chi connectivity index (χ4v) is 2.41. The predicted octanol–water partition coefficient (Wildman–Crippen LogP) is 3.07. The molecule has 1 aliphatic carbocycles. The highest BCUT2D eigenvalue weighted by molar-refractivity contribution is 9.10. The zero-order chi connectivity index (χ0) is 12.4. The van der Waals surface area contributed by atoms with Crippen LogP contribution >= 0.6 is 15.9 Å². The summed E-state index contributed by atoms with van der Waals surface area (Å²) in [6.07, 6.45) is 2.40. The molecular formula is C13H13BrO3. The first-order valence-corrected chi connectivity index (χ1v) is 6.43. The van der Waals surface area contributed by atoms with Gasteiger partial charge >= 0.3 is 5.97 Å². The molecule has 0 spiro atoms. The molecule has 17 heavy (non-hydrogen) atoms. The summed E-state index contributed by atoms with van der Waals surface area (Å²) in [4.78, 5) is 23.0. The van der Waals surface area contributed by atoms with E-state index in [0.717, 1.165) is 4.47 Å². The van der Waals surface area contributed by atoms with E-state index in [4.69, 9.17) is 0 Å². The molecule has 0 aromatic heterocycles. The maximum Gasteiger partial charge on any atom is 0.379 e. The molecule has 90 valence electrons. The van der Waals surface area contributed by atoms with Gasteiger partial charge in [0.15, 0.2) is 0 Å². The van der Waals surface area contributed by atoms with E-state index in [0.29, 0.717) is 11.5 Å². The van der Waals surface area contributed by atoms with Crippen LogP contribution in [0.1, 0.15) is 41.6 Å². The van der Waals surface area contributed by atoms with Crippen molar-refractivity contribution in [3.05, 3.63) is 33.8 Å². The molecule has 1 fully saturated rings. The zero-order valence-electron chi connectivity index (χ0n) is 9.53. The molecule has 1 aromatic carbocycles. The Labute approximate surface area is 108 Å². The lowest BCUT2D eigenvalue weighted by Crippen LogP contribution is -2.17. The fraction of sp³-hybridized carbons (Fsp3) is 0.385. The van der Waals surface area contributed by atoms with E-state index in [1.54, 1.807) is 19.1 Å². The molecule has 0 unspecified atom stereocenters. The van der Waals surface area contributed by atoms with Crippen LogP contribution in [-0.2, 0) is 9.53 Å². The first-order chi connectivity index (χ1) is 8.13.